The minimum absolute atomic E-state index is 0.260. The van der Waals surface area contributed by atoms with Gasteiger partial charge in [-0.3, -0.25) is 9.59 Å². The molecule has 24 heavy (non-hydrogen) atoms. The number of nitrogens with zero attached hydrogens (tertiary/aromatic N) is 1. The third kappa shape index (κ3) is 3.10. The van der Waals surface area contributed by atoms with Crippen molar-refractivity contribution in [1.29, 1.82) is 0 Å². The van der Waals surface area contributed by atoms with Crippen molar-refractivity contribution in [2.45, 2.75) is 19.2 Å². The van der Waals surface area contributed by atoms with Gasteiger partial charge >= 0.3 is 0 Å². The van der Waals surface area contributed by atoms with Gasteiger partial charge in [0.1, 0.15) is 5.75 Å². The van der Waals surface area contributed by atoms with Crippen molar-refractivity contribution in [3.05, 3.63) is 53.6 Å². The van der Waals surface area contributed by atoms with E-state index in [0.717, 1.165) is 34.3 Å². The van der Waals surface area contributed by atoms with Crippen LogP contribution in [-0.2, 0) is 4.79 Å². The number of amides is 2. The van der Waals surface area contributed by atoms with Gasteiger partial charge in [0.05, 0.1) is 12.8 Å². The summed E-state index contributed by atoms with van der Waals surface area (Å²) in [5.41, 5.74) is 3.54. The topological polar surface area (TPSA) is 58.6 Å². The molecule has 3 rings (SSSR count). The number of benzene rings is 2. The Morgan fingerprint density at radius 2 is 1.75 bits per heavy atom. The van der Waals surface area contributed by atoms with Crippen LogP contribution in [0.4, 0.5) is 16.2 Å². The summed E-state index contributed by atoms with van der Waals surface area (Å²) in [7, 11) is 1.60. The van der Waals surface area contributed by atoms with Gasteiger partial charge in [-0.25, -0.2) is 4.90 Å². The molecule has 0 aromatic heterocycles. The maximum absolute atomic E-state index is 12.6. The predicted molar refractivity (Wildman–Crippen MR) is 96.8 cm³/mol. The van der Waals surface area contributed by atoms with Crippen LogP contribution in [0.25, 0.3) is 0 Å². The van der Waals surface area contributed by atoms with Gasteiger partial charge in [0.15, 0.2) is 5.37 Å². The number of nitrogens with one attached hydrogen (secondary N) is 1. The number of carbonyl (C=O) groups is 2. The lowest BCUT2D eigenvalue weighted by molar-refractivity contribution is -0.116. The number of methoxy groups -OCH3 is 1. The Morgan fingerprint density at radius 3 is 2.38 bits per heavy atom. The van der Waals surface area contributed by atoms with E-state index in [-0.39, 0.29) is 11.1 Å². The van der Waals surface area contributed by atoms with Crippen LogP contribution < -0.4 is 15.0 Å². The zero-order chi connectivity index (χ0) is 17.3. The Bertz CT molecular complexity index is 789. The van der Waals surface area contributed by atoms with E-state index in [1.807, 2.05) is 38.1 Å². The molecule has 0 saturated carbocycles. The smallest absolute Gasteiger partial charge is 0.295 e. The van der Waals surface area contributed by atoms with E-state index < -0.39 is 5.37 Å². The quantitative estimate of drug-likeness (QED) is 0.912. The molecule has 1 fully saturated rings. The van der Waals surface area contributed by atoms with E-state index in [1.54, 1.807) is 25.3 Å². The Hall–Kier alpha value is -2.47. The Morgan fingerprint density at radius 1 is 1.04 bits per heavy atom. The van der Waals surface area contributed by atoms with E-state index in [2.05, 4.69) is 5.32 Å². The van der Waals surface area contributed by atoms with Gasteiger partial charge in [0.2, 0.25) is 0 Å². The minimum Gasteiger partial charge on any atom is -0.497 e. The molecule has 2 amide bonds. The molecule has 1 N–H and O–H groups in total. The molecule has 0 spiro atoms. The van der Waals surface area contributed by atoms with Crippen LogP contribution >= 0.6 is 11.8 Å². The molecule has 1 aliphatic rings. The van der Waals surface area contributed by atoms with Gasteiger partial charge in [0, 0.05) is 5.69 Å². The van der Waals surface area contributed by atoms with Crippen molar-refractivity contribution >= 4 is 34.3 Å². The second kappa shape index (κ2) is 6.57. The maximum atomic E-state index is 12.6. The monoisotopic (exact) mass is 342 g/mol. The SMILES string of the molecule is COc1ccc(N[C@@H]2SC(=O)N(c3ccc(C)c(C)c3)C2=O)cc1. The number of anilines is 2. The molecule has 0 radical (unpaired) electrons. The molecule has 2 aromatic rings. The number of thioether (sulfide) groups is 1. The maximum Gasteiger partial charge on any atom is 0.295 e. The average molecular weight is 342 g/mol. The number of imide groups is 1. The Balaban J connectivity index is 1.79. The summed E-state index contributed by atoms with van der Waals surface area (Å²) in [5, 5.41) is 2.19. The summed E-state index contributed by atoms with van der Waals surface area (Å²) < 4.78 is 5.11. The van der Waals surface area contributed by atoms with E-state index in [4.69, 9.17) is 4.74 Å². The Labute approximate surface area is 145 Å². The lowest BCUT2D eigenvalue weighted by atomic mass is 10.1. The highest BCUT2D eigenvalue weighted by Gasteiger charge is 2.40. The van der Waals surface area contributed by atoms with Crippen LogP contribution in [-0.4, -0.2) is 23.6 Å². The van der Waals surface area contributed by atoms with E-state index >= 15 is 0 Å². The fourth-order valence-electron chi connectivity index (χ4n) is 2.44. The molecule has 2 aromatic carbocycles. The summed E-state index contributed by atoms with van der Waals surface area (Å²) >= 11 is 0.987. The minimum atomic E-state index is -0.632. The van der Waals surface area contributed by atoms with Gasteiger partial charge in [-0.05, 0) is 73.1 Å². The van der Waals surface area contributed by atoms with E-state index in [0.29, 0.717) is 5.69 Å². The molecule has 0 unspecified atom stereocenters. The summed E-state index contributed by atoms with van der Waals surface area (Å²) in [6, 6.07) is 12.8. The van der Waals surface area contributed by atoms with Crippen molar-refractivity contribution in [2.24, 2.45) is 0 Å². The van der Waals surface area contributed by atoms with Crippen molar-refractivity contribution in [3.8, 4) is 5.75 Å². The van der Waals surface area contributed by atoms with Crippen LogP contribution in [0.3, 0.4) is 0 Å². The first-order chi connectivity index (χ1) is 11.5. The summed E-state index contributed by atoms with van der Waals surface area (Å²) in [5.74, 6) is 0.475. The second-order valence-corrected chi connectivity index (χ2v) is 6.64. The molecule has 0 bridgehead atoms. The zero-order valence-electron chi connectivity index (χ0n) is 13.7. The van der Waals surface area contributed by atoms with Gasteiger partial charge in [-0.15, -0.1) is 0 Å². The van der Waals surface area contributed by atoms with Crippen molar-refractivity contribution in [1.82, 2.24) is 0 Å². The van der Waals surface area contributed by atoms with E-state index in [1.165, 1.54) is 4.90 Å². The molecule has 124 valence electrons. The van der Waals surface area contributed by atoms with Gasteiger partial charge < -0.3 is 10.1 Å². The molecule has 0 aliphatic carbocycles. The first kappa shape index (κ1) is 16.4. The number of carbonyl (C=O) groups excluding carboxylic acids is 2. The van der Waals surface area contributed by atoms with Crippen molar-refractivity contribution < 1.29 is 14.3 Å². The second-order valence-electron chi connectivity index (χ2n) is 5.58. The lowest BCUT2D eigenvalue weighted by Gasteiger charge is -2.16. The Kier molecular flexibility index (Phi) is 4.49. The lowest BCUT2D eigenvalue weighted by Crippen LogP contribution is -2.34. The number of hydrogen-bond donors (Lipinski definition) is 1. The van der Waals surface area contributed by atoms with Crippen molar-refractivity contribution in [2.75, 3.05) is 17.3 Å². The summed E-state index contributed by atoms with van der Waals surface area (Å²) in [6.07, 6.45) is 0. The zero-order valence-corrected chi connectivity index (χ0v) is 14.5. The van der Waals surface area contributed by atoms with Gasteiger partial charge in [-0.1, -0.05) is 6.07 Å². The summed E-state index contributed by atoms with van der Waals surface area (Å²) in [4.78, 5) is 26.2. The highest BCUT2D eigenvalue weighted by Crippen LogP contribution is 2.33. The molecule has 1 saturated heterocycles. The van der Waals surface area contributed by atoms with Crippen LogP contribution in [0.15, 0.2) is 42.5 Å². The molecule has 1 heterocycles. The first-order valence-corrected chi connectivity index (χ1v) is 8.40. The highest BCUT2D eigenvalue weighted by atomic mass is 32.2. The fourth-order valence-corrected chi connectivity index (χ4v) is 3.34. The third-order valence-corrected chi connectivity index (χ3v) is 4.92. The van der Waals surface area contributed by atoms with Gasteiger partial charge in [-0.2, -0.15) is 0 Å². The standard InChI is InChI=1S/C18H18N2O3S/c1-11-4-7-14(10-12(11)2)20-17(21)16(24-18(20)22)19-13-5-8-15(23-3)9-6-13/h4-10,16,19H,1-3H3/t16-/m1/s1. The van der Waals surface area contributed by atoms with E-state index in [9.17, 15) is 9.59 Å². The van der Waals surface area contributed by atoms with Crippen LogP contribution in [0, 0.1) is 13.8 Å². The normalized spacial score (nSPS) is 17.3. The molecule has 6 heteroatoms. The van der Waals surface area contributed by atoms with Crippen LogP contribution in [0.5, 0.6) is 5.75 Å². The summed E-state index contributed by atoms with van der Waals surface area (Å²) in [6.45, 7) is 3.96. The van der Waals surface area contributed by atoms with Crippen molar-refractivity contribution in [3.63, 3.8) is 0 Å². The molecular weight excluding hydrogens is 324 g/mol. The van der Waals surface area contributed by atoms with Gasteiger partial charge in [0.25, 0.3) is 11.1 Å². The largest absolute Gasteiger partial charge is 0.497 e. The fraction of sp³-hybridized carbons (Fsp3) is 0.222. The number of ether oxygens (including phenoxy) is 1. The molecular formula is C18H18N2O3S. The van der Waals surface area contributed by atoms with Crippen LogP contribution in [0.2, 0.25) is 0 Å². The predicted octanol–water partition coefficient (Wildman–Crippen LogP) is 3.95. The number of hydrogen-bond acceptors (Lipinski definition) is 5. The molecule has 5 nitrogen and oxygen atoms in total. The number of rotatable bonds is 4. The average Bonchev–Trinajstić information content (AvgIpc) is 2.85. The molecule has 1 aliphatic heterocycles. The third-order valence-electron chi connectivity index (χ3n) is 3.98. The highest BCUT2D eigenvalue weighted by molar-refractivity contribution is 8.16. The first-order valence-electron chi connectivity index (χ1n) is 7.52. The van der Waals surface area contributed by atoms with Crippen LogP contribution in [0.1, 0.15) is 11.1 Å². The molecule has 1 atom stereocenters. The number of aryl methyl sites for hydroxylation is 2.